The minimum Gasteiger partial charge on any atom is -0.391 e. The van der Waals surface area contributed by atoms with Crippen molar-refractivity contribution < 1.29 is 5.11 Å². The van der Waals surface area contributed by atoms with Gasteiger partial charge in [-0.25, -0.2) is 28.1 Å². The molecule has 0 radical (unpaired) electrons. The summed E-state index contributed by atoms with van der Waals surface area (Å²) in [5.41, 5.74) is -2.08. The smallest absolute Gasteiger partial charge is 0.336 e. The summed E-state index contributed by atoms with van der Waals surface area (Å²) in [4.78, 5) is 34.6. The third kappa shape index (κ3) is 1.99. The van der Waals surface area contributed by atoms with Crippen molar-refractivity contribution in [2.45, 2.75) is 26.0 Å². The van der Waals surface area contributed by atoms with Gasteiger partial charge in [-0.2, -0.15) is 0 Å². The van der Waals surface area contributed by atoms with Gasteiger partial charge in [0.05, 0.1) is 12.6 Å². The molecule has 0 aromatic carbocycles. The Morgan fingerprint density at radius 3 is 1.88 bits per heavy atom. The van der Waals surface area contributed by atoms with Gasteiger partial charge in [0.15, 0.2) is 0 Å². The molecular weight excluding hydrogens is 214 g/mol. The molecule has 1 unspecified atom stereocenters. The summed E-state index contributed by atoms with van der Waals surface area (Å²) in [6.45, 7) is 1.64. The van der Waals surface area contributed by atoms with Gasteiger partial charge in [0.25, 0.3) is 0 Å². The van der Waals surface area contributed by atoms with Gasteiger partial charge in [0.1, 0.15) is 0 Å². The number of hydrogen-bond donors (Lipinski definition) is 1. The first-order valence-corrected chi connectivity index (χ1v) is 4.95. The van der Waals surface area contributed by atoms with Crippen LogP contribution < -0.4 is 17.1 Å². The highest BCUT2D eigenvalue weighted by Crippen LogP contribution is 1.90. The number of rotatable bonds is 3. The van der Waals surface area contributed by atoms with E-state index in [-0.39, 0.29) is 6.54 Å². The van der Waals surface area contributed by atoms with Crippen molar-refractivity contribution in [2.75, 3.05) is 0 Å². The van der Waals surface area contributed by atoms with Gasteiger partial charge in [0.2, 0.25) is 0 Å². The molecule has 0 saturated carbocycles. The van der Waals surface area contributed by atoms with Crippen LogP contribution in [0.25, 0.3) is 0 Å². The molecule has 1 heterocycles. The lowest BCUT2D eigenvalue weighted by Crippen LogP contribution is -2.53. The van der Waals surface area contributed by atoms with E-state index in [1.54, 1.807) is 6.92 Å². The van der Waals surface area contributed by atoms with Crippen molar-refractivity contribution in [3.8, 4) is 0 Å². The molecule has 16 heavy (non-hydrogen) atoms. The van der Waals surface area contributed by atoms with E-state index >= 15 is 0 Å². The average Bonchev–Trinajstić information content (AvgIpc) is 2.29. The number of hydrogen-bond acceptors (Lipinski definition) is 4. The first-order chi connectivity index (χ1) is 7.40. The Balaban J connectivity index is 3.47. The lowest BCUT2D eigenvalue weighted by molar-refractivity contribution is 0.144. The zero-order valence-corrected chi connectivity index (χ0v) is 9.51. The highest BCUT2D eigenvalue weighted by atomic mass is 16.3. The summed E-state index contributed by atoms with van der Waals surface area (Å²) in [6.07, 6.45) is -0.346. The third-order valence-electron chi connectivity index (χ3n) is 2.47. The lowest BCUT2D eigenvalue weighted by Gasteiger charge is -2.11. The molecule has 1 atom stereocenters. The van der Waals surface area contributed by atoms with E-state index in [1.807, 2.05) is 0 Å². The van der Waals surface area contributed by atoms with Crippen LogP contribution >= 0.6 is 0 Å². The molecular formula is C9H15N3O4. The first kappa shape index (κ1) is 12.4. The Bertz CT molecular complexity index is 511. The molecule has 1 rings (SSSR count). The summed E-state index contributed by atoms with van der Waals surface area (Å²) in [7, 11) is 2.58. The largest absolute Gasteiger partial charge is 0.391 e. The van der Waals surface area contributed by atoms with Crippen molar-refractivity contribution in [1.29, 1.82) is 0 Å². The number of aliphatic hydroxyl groups excluding tert-OH is 1. The molecule has 7 heteroatoms. The Hall–Kier alpha value is -1.63. The minimum atomic E-state index is -0.775. The molecule has 0 aliphatic heterocycles. The second kappa shape index (κ2) is 4.48. The van der Waals surface area contributed by atoms with E-state index in [2.05, 4.69) is 0 Å². The van der Waals surface area contributed by atoms with Gasteiger partial charge in [-0.1, -0.05) is 6.92 Å². The summed E-state index contributed by atoms with van der Waals surface area (Å²) >= 11 is 0. The van der Waals surface area contributed by atoms with Crippen molar-refractivity contribution in [3.63, 3.8) is 0 Å². The minimum absolute atomic E-state index is 0.101. The number of aromatic nitrogens is 3. The highest BCUT2D eigenvalue weighted by Gasteiger charge is 2.12. The maximum Gasteiger partial charge on any atom is 0.336 e. The van der Waals surface area contributed by atoms with Gasteiger partial charge in [0, 0.05) is 14.1 Å². The van der Waals surface area contributed by atoms with Crippen LogP contribution in [-0.4, -0.2) is 24.9 Å². The van der Waals surface area contributed by atoms with Crippen LogP contribution in [0, 0.1) is 0 Å². The molecule has 0 aliphatic rings. The van der Waals surface area contributed by atoms with E-state index in [0.717, 1.165) is 13.7 Å². The van der Waals surface area contributed by atoms with Gasteiger partial charge >= 0.3 is 17.1 Å². The Morgan fingerprint density at radius 1 is 1.06 bits per heavy atom. The van der Waals surface area contributed by atoms with E-state index in [9.17, 15) is 19.5 Å². The Labute approximate surface area is 91.2 Å². The van der Waals surface area contributed by atoms with Crippen molar-refractivity contribution in [3.05, 3.63) is 31.5 Å². The fourth-order valence-corrected chi connectivity index (χ4v) is 1.33. The van der Waals surface area contributed by atoms with Crippen molar-refractivity contribution in [2.24, 2.45) is 14.1 Å². The summed E-state index contributed by atoms with van der Waals surface area (Å²) in [6, 6.07) is 0. The predicted molar refractivity (Wildman–Crippen MR) is 57.5 cm³/mol. The molecule has 0 amide bonds. The molecule has 90 valence electrons. The van der Waals surface area contributed by atoms with E-state index in [0.29, 0.717) is 6.42 Å². The molecule has 1 N–H and O–H groups in total. The summed E-state index contributed by atoms with van der Waals surface area (Å²) in [5.74, 6) is 0. The third-order valence-corrected chi connectivity index (χ3v) is 2.47. The molecule has 0 saturated heterocycles. The average molecular weight is 229 g/mol. The zero-order valence-electron chi connectivity index (χ0n) is 9.51. The van der Waals surface area contributed by atoms with Gasteiger partial charge in [-0.05, 0) is 6.42 Å². The quantitative estimate of drug-likeness (QED) is 0.650. The fraction of sp³-hybridized carbons (Fsp3) is 0.667. The molecule has 1 aromatic rings. The fourth-order valence-electron chi connectivity index (χ4n) is 1.33. The molecule has 0 aliphatic carbocycles. The normalized spacial score (nSPS) is 12.8. The summed E-state index contributed by atoms with van der Waals surface area (Å²) < 4.78 is 2.53. The van der Waals surface area contributed by atoms with Crippen LogP contribution in [0.4, 0.5) is 0 Å². The second-order valence-electron chi connectivity index (χ2n) is 3.64. The SMILES string of the molecule is CCC(O)Cn1c(=O)n(C)c(=O)n(C)c1=O. The number of nitrogens with zero attached hydrogens (tertiary/aromatic N) is 3. The van der Waals surface area contributed by atoms with E-state index < -0.39 is 23.2 Å². The van der Waals surface area contributed by atoms with Crippen molar-refractivity contribution in [1.82, 2.24) is 13.7 Å². The predicted octanol–water partition coefficient (Wildman–Crippen LogP) is -1.98. The topological polar surface area (TPSA) is 86.2 Å². The Kier molecular flexibility index (Phi) is 3.48. The van der Waals surface area contributed by atoms with Crippen LogP contribution in [0.1, 0.15) is 13.3 Å². The highest BCUT2D eigenvalue weighted by molar-refractivity contribution is 4.77. The Morgan fingerprint density at radius 2 is 1.50 bits per heavy atom. The van der Waals surface area contributed by atoms with Gasteiger partial charge in [-0.3, -0.25) is 0 Å². The van der Waals surface area contributed by atoms with Crippen LogP contribution in [0.15, 0.2) is 14.4 Å². The van der Waals surface area contributed by atoms with E-state index in [4.69, 9.17) is 0 Å². The van der Waals surface area contributed by atoms with E-state index in [1.165, 1.54) is 14.1 Å². The lowest BCUT2D eigenvalue weighted by atomic mass is 10.3. The van der Waals surface area contributed by atoms with Crippen LogP contribution in [0.5, 0.6) is 0 Å². The second-order valence-corrected chi connectivity index (χ2v) is 3.64. The monoisotopic (exact) mass is 229 g/mol. The summed E-state index contributed by atoms with van der Waals surface area (Å²) in [5, 5.41) is 9.42. The molecule has 0 bridgehead atoms. The van der Waals surface area contributed by atoms with Crippen molar-refractivity contribution >= 4 is 0 Å². The standard InChI is InChI=1S/C9H15N3O4/c1-4-6(13)5-12-8(15)10(2)7(14)11(3)9(12)16/h6,13H,4-5H2,1-3H3. The maximum atomic E-state index is 11.6. The van der Waals surface area contributed by atoms with Crippen LogP contribution in [-0.2, 0) is 20.6 Å². The van der Waals surface area contributed by atoms with Gasteiger partial charge < -0.3 is 5.11 Å². The molecule has 0 spiro atoms. The first-order valence-electron chi connectivity index (χ1n) is 4.95. The zero-order chi connectivity index (χ0) is 12.5. The van der Waals surface area contributed by atoms with Crippen LogP contribution in [0.2, 0.25) is 0 Å². The van der Waals surface area contributed by atoms with Crippen LogP contribution in [0.3, 0.4) is 0 Å². The molecule has 1 aromatic heterocycles. The molecule has 7 nitrogen and oxygen atoms in total. The molecule has 0 fully saturated rings. The van der Waals surface area contributed by atoms with Gasteiger partial charge in [-0.15, -0.1) is 0 Å². The number of aliphatic hydroxyl groups is 1. The maximum absolute atomic E-state index is 11.6.